The highest BCUT2D eigenvalue weighted by molar-refractivity contribution is 5.92. The van der Waals surface area contributed by atoms with Crippen molar-refractivity contribution in [3.8, 4) is 11.4 Å². The zero-order valence-corrected chi connectivity index (χ0v) is 19.4. The Bertz CT molecular complexity index is 1400. The predicted molar refractivity (Wildman–Crippen MR) is 128 cm³/mol. The van der Waals surface area contributed by atoms with E-state index in [1.807, 2.05) is 52.0 Å². The van der Waals surface area contributed by atoms with Gasteiger partial charge in [0.25, 0.3) is 5.56 Å². The van der Waals surface area contributed by atoms with Crippen LogP contribution < -0.4 is 15.6 Å². The lowest BCUT2D eigenvalue weighted by Gasteiger charge is -2.13. The Morgan fingerprint density at radius 2 is 1.88 bits per heavy atom. The molecule has 2 heterocycles. The van der Waals surface area contributed by atoms with Gasteiger partial charge in [-0.2, -0.15) is 10.2 Å². The van der Waals surface area contributed by atoms with Gasteiger partial charge in [-0.15, -0.1) is 0 Å². The summed E-state index contributed by atoms with van der Waals surface area (Å²) in [5, 5.41) is 12.5. The van der Waals surface area contributed by atoms with Gasteiger partial charge >= 0.3 is 0 Å². The summed E-state index contributed by atoms with van der Waals surface area (Å²) in [6.07, 6.45) is 1.67. The number of amides is 1. The molecule has 1 amide bonds. The molecular weight excluding hydrogens is 418 g/mol. The maximum absolute atomic E-state index is 13.5. The highest BCUT2D eigenvalue weighted by Crippen LogP contribution is 2.25. The fraction of sp³-hybridized carbons (Fsp3) is 0.280. The number of aryl methyl sites for hydroxylation is 2. The van der Waals surface area contributed by atoms with Crippen molar-refractivity contribution in [2.24, 2.45) is 0 Å². The summed E-state index contributed by atoms with van der Waals surface area (Å²) in [6, 6.07) is 13.0. The summed E-state index contributed by atoms with van der Waals surface area (Å²) in [5.41, 5.74) is 4.32. The number of rotatable bonds is 6. The second-order valence-electron chi connectivity index (χ2n) is 8.34. The quantitative estimate of drug-likeness (QED) is 0.485. The average Bonchev–Trinajstić information content (AvgIpc) is 3.23. The molecule has 0 saturated carbocycles. The Kier molecular flexibility index (Phi) is 6.00. The van der Waals surface area contributed by atoms with Crippen molar-refractivity contribution in [2.45, 2.75) is 40.2 Å². The monoisotopic (exact) mass is 445 g/mol. The number of anilines is 1. The molecule has 2 aromatic heterocycles. The number of hydrogen-bond donors (Lipinski definition) is 1. The molecule has 0 aliphatic rings. The summed E-state index contributed by atoms with van der Waals surface area (Å²) in [7, 11) is 1.54. The van der Waals surface area contributed by atoms with E-state index in [0.717, 1.165) is 16.8 Å². The van der Waals surface area contributed by atoms with Crippen LogP contribution in [0.5, 0.6) is 5.75 Å². The first kappa shape index (κ1) is 22.3. The molecule has 0 aliphatic heterocycles. The van der Waals surface area contributed by atoms with Gasteiger partial charge in [0.05, 0.1) is 30.4 Å². The zero-order valence-electron chi connectivity index (χ0n) is 19.4. The Morgan fingerprint density at radius 1 is 1.12 bits per heavy atom. The molecule has 8 nitrogen and oxygen atoms in total. The van der Waals surface area contributed by atoms with E-state index in [4.69, 9.17) is 4.74 Å². The van der Waals surface area contributed by atoms with E-state index in [9.17, 15) is 9.59 Å². The van der Waals surface area contributed by atoms with Gasteiger partial charge in [0.2, 0.25) is 5.91 Å². The van der Waals surface area contributed by atoms with Gasteiger partial charge in [-0.1, -0.05) is 32.0 Å². The molecular formula is C25H27N5O3. The molecule has 4 aromatic rings. The largest absolute Gasteiger partial charge is 0.495 e. The molecule has 0 fully saturated rings. The van der Waals surface area contributed by atoms with Crippen LogP contribution in [0.3, 0.4) is 0 Å². The van der Waals surface area contributed by atoms with Crippen LogP contribution in [0.25, 0.3) is 16.6 Å². The fourth-order valence-electron chi connectivity index (χ4n) is 3.75. The topological polar surface area (TPSA) is 91.0 Å². The van der Waals surface area contributed by atoms with Crippen LogP contribution in [0.4, 0.5) is 5.69 Å². The zero-order chi connectivity index (χ0) is 23.7. The first-order valence-electron chi connectivity index (χ1n) is 10.8. The number of carbonyl (C=O) groups is 1. The molecule has 8 heteroatoms. The summed E-state index contributed by atoms with van der Waals surface area (Å²) < 4.78 is 8.13. The Balaban J connectivity index is 1.78. The number of benzene rings is 2. The third-order valence-electron chi connectivity index (χ3n) is 5.67. The third kappa shape index (κ3) is 4.24. The summed E-state index contributed by atoms with van der Waals surface area (Å²) in [5.74, 6) is 0.201. The van der Waals surface area contributed by atoms with Gasteiger partial charge in [-0.25, -0.2) is 9.36 Å². The van der Waals surface area contributed by atoms with E-state index < -0.39 is 0 Å². The predicted octanol–water partition coefficient (Wildman–Crippen LogP) is 3.97. The average molecular weight is 446 g/mol. The molecule has 0 bridgehead atoms. The molecule has 0 aliphatic carbocycles. The number of aromatic nitrogens is 4. The lowest BCUT2D eigenvalue weighted by Crippen LogP contribution is -2.31. The molecule has 4 rings (SSSR count). The van der Waals surface area contributed by atoms with E-state index in [-0.39, 0.29) is 23.9 Å². The Labute approximate surface area is 191 Å². The summed E-state index contributed by atoms with van der Waals surface area (Å²) >= 11 is 0. The van der Waals surface area contributed by atoms with Crippen LogP contribution in [0, 0.1) is 13.8 Å². The van der Waals surface area contributed by atoms with Crippen molar-refractivity contribution in [3.05, 3.63) is 75.8 Å². The maximum Gasteiger partial charge on any atom is 0.293 e. The van der Waals surface area contributed by atoms with Crippen LogP contribution in [0.1, 0.15) is 36.6 Å². The minimum Gasteiger partial charge on any atom is -0.495 e. The van der Waals surface area contributed by atoms with Crippen LogP contribution in [-0.2, 0) is 11.3 Å². The van der Waals surface area contributed by atoms with Gasteiger partial charge in [-0.3, -0.25) is 9.59 Å². The number of nitrogens with zero attached hydrogens (tertiary/aromatic N) is 4. The highest BCUT2D eigenvalue weighted by atomic mass is 16.5. The van der Waals surface area contributed by atoms with E-state index in [2.05, 4.69) is 15.5 Å². The van der Waals surface area contributed by atoms with Gasteiger partial charge in [0, 0.05) is 5.39 Å². The normalized spacial score (nSPS) is 11.2. The van der Waals surface area contributed by atoms with Crippen molar-refractivity contribution < 1.29 is 9.53 Å². The van der Waals surface area contributed by atoms with Crippen molar-refractivity contribution in [3.63, 3.8) is 0 Å². The third-order valence-corrected chi connectivity index (χ3v) is 5.67. The molecule has 0 unspecified atom stereocenters. The Hall–Kier alpha value is -3.94. The molecule has 0 spiro atoms. The maximum atomic E-state index is 13.5. The number of nitrogens with one attached hydrogen (secondary N) is 1. The number of para-hydroxylation sites is 2. The molecule has 170 valence electrons. The number of ether oxygens (including phenoxy) is 1. The minimum atomic E-state index is -0.375. The molecule has 0 atom stereocenters. The van der Waals surface area contributed by atoms with Crippen molar-refractivity contribution in [1.82, 2.24) is 19.6 Å². The summed E-state index contributed by atoms with van der Waals surface area (Å²) in [4.78, 5) is 26.3. The number of fused-ring (bicyclic) bond motifs is 1. The number of methoxy groups -OCH3 is 1. The Morgan fingerprint density at radius 3 is 2.58 bits per heavy atom. The van der Waals surface area contributed by atoms with Crippen molar-refractivity contribution in [1.29, 1.82) is 0 Å². The fourth-order valence-corrected chi connectivity index (χ4v) is 3.75. The van der Waals surface area contributed by atoms with E-state index in [1.165, 1.54) is 11.8 Å². The number of hydrogen-bond acceptors (Lipinski definition) is 5. The van der Waals surface area contributed by atoms with Crippen LogP contribution in [0.2, 0.25) is 0 Å². The SMILES string of the molecule is COc1ccccc1NC(=O)Cn1nc(C(C)C)c2cnn(-c3ccc(C)c(C)c3)c2c1=O. The van der Waals surface area contributed by atoms with Crippen molar-refractivity contribution in [2.75, 3.05) is 12.4 Å². The molecule has 1 N–H and O–H groups in total. The molecule has 0 saturated heterocycles. The summed E-state index contributed by atoms with van der Waals surface area (Å²) in [6.45, 7) is 7.82. The van der Waals surface area contributed by atoms with E-state index >= 15 is 0 Å². The van der Waals surface area contributed by atoms with Crippen LogP contribution in [-0.4, -0.2) is 32.6 Å². The smallest absolute Gasteiger partial charge is 0.293 e. The van der Waals surface area contributed by atoms with Crippen molar-refractivity contribution >= 4 is 22.5 Å². The lowest BCUT2D eigenvalue weighted by atomic mass is 10.1. The second-order valence-corrected chi connectivity index (χ2v) is 8.34. The first-order chi connectivity index (χ1) is 15.8. The van der Waals surface area contributed by atoms with Crippen LogP contribution >= 0.6 is 0 Å². The van der Waals surface area contributed by atoms with Gasteiger partial charge in [-0.05, 0) is 55.2 Å². The minimum absolute atomic E-state index is 0.0361. The van der Waals surface area contributed by atoms with Gasteiger partial charge < -0.3 is 10.1 Å². The standard InChI is InChI=1S/C25H27N5O3/c1-15(2)23-19-13-26-30(18-11-10-16(3)17(4)12-18)24(19)25(32)29(28-23)14-22(31)27-20-8-6-7-9-21(20)33-5/h6-13,15H,14H2,1-5H3,(H,27,31). The number of carbonyl (C=O) groups excluding carboxylic acids is 1. The van der Waals surface area contributed by atoms with Crippen LogP contribution in [0.15, 0.2) is 53.5 Å². The molecule has 33 heavy (non-hydrogen) atoms. The van der Waals surface area contributed by atoms with Gasteiger partial charge in [0.1, 0.15) is 17.8 Å². The highest BCUT2D eigenvalue weighted by Gasteiger charge is 2.20. The molecule has 2 aromatic carbocycles. The van der Waals surface area contributed by atoms with E-state index in [0.29, 0.717) is 28.0 Å². The second kappa shape index (κ2) is 8.90. The first-order valence-corrected chi connectivity index (χ1v) is 10.8. The van der Waals surface area contributed by atoms with E-state index in [1.54, 1.807) is 29.1 Å². The lowest BCUT2D eigenvalue weighted by molar-refractivity contribution is -0.117. The molecule has 0 radical (unpaired) electrons. The van der Waals surface area contributed by atoms with Gasteiger partial charge in [0.15, 0.2) is 0 Å².